The van der Waals surface area contributed by atoms with Crippen molar-refractivity contribution in [3.8, 4) is 0 Å². The van der Waals surface area contributed by atoms with Crippen molar-refractivity contribution in [1.29, 1.82) is 0 Å². The molecular formula is C12H20N2O. The van der Waals surface area contributed by atoms with Gasteiger partial charge in [-0.1, -0.05) is 13.8 Å². The van der Waals surface area contributed by atoms with Crippen molar-refractivity contribution in [1.82, 2.24) is 10.3 Å². The number of hydrogen-bond acceptors (Lipinski definition) is 3. The van der Waals surface area contributed by atoms with Crippen LogP contribution in [0.15, 0.2) is 24.5 Å². The molecule has 0 spiro atoms. The van der Waals surface area contributed by atoms with E-state index in [1.165, 1.54) is 5.56 Å². The fraction of sp³-hybridized carbons (Fsp3) is 0.583. The molecule has 0 bridgehead atoms. The summed E-state index contributed by atoms with van der Waals surface area (Å²) in [6.45, 7) is 5.32. The highest BCUT2D eigenvalue weighted by Crippen LogP contribution is 2.05. The van der Waals surface area contributed by atoms with E-state index < -0.39 is 0 Å². The predicted octanol–water partition coefficient (Wildman–Crippen LogP) is 1.58. The first kappa shape index (κ1) is 12.1. The van der Waals surface area contributed by atoms with Gasteiger partial charge in [0.05, 0.1) is 6.61 Å². The van der Waals surface area contributed by atoms with Gasteiger partial charge in [-0.15, -0.1) is 0 Å². The smallest absolute Gasteiger partial charge is 0.0584 e. The Balaban J connectivity index is 2.34. The topological polar surface area (TPSA) is 45.1 Å². The molecule has 84 valence electrons. The van der Waals surface area contributed by atoms with Crippen LogP contribution in [-0.2, 0) is 6.54 Å². The molecule has 0 aliphatic carbocycles. The van der Waals surface area contributed by atoms with Gasteiger partial charge >= 0.3 is 0 Å². The molecule has 1 heterocycles. The lowest BCUT2D eigenvalue weighted by molar-refractivity contribution is 0.223. The second-order valence-corrected chi connectivity index (χ2v) is 4.25. The second kappa shape index (κ2) is 6.53. The average molecular weight is 208 g/mol. The van der Waals surface area contributed by atoms with Crippen molar-refractivity contribution in [2.24, 2.45) is 5.92 Å². The number of nitrogens with one attached hydrogen (secondary N) is 1. The number of aliphatic hydroxyl groups is 1. The molecule has 0 fully saturated rings. The third-order valence-electron chi connectivity index (χ3n) is 2.32. The van der Waals surface area contributed by atoms with Crippen molar-refractivity contribution in [3.05, 3.63) is 30.1 Å². The normalized spacial score (nSPS) is 13.1. The number of rotatable bonds is 6. The molecular weight excluding hydrogens is 188 g/mol. The van der Waals surface area contributed by atoms with Gasteiger partial charge in [-0.2, -0.15) is 0 Å². The first-order valence-corrected chi connectivity index (χ1v) is 5.45. The summed E-state index contributed by atoms with van der Waals surface area (Å²) >= 11 is 0. The lowest BCUT2D eigenvalue weighted by Gasteiger charge is -2.18. The summed E-state index contributed by atoms with van der Waals surface area (Å²) in [4.78, 5) is 3.96. The monoisotopic (exact) mass is 208 g/mol. The highest BCUT2D eigenvalue weighted by Gasteiger charge is 2.08. The van der Waals surface area contributed by atoms with Crippen molar-refractivity contribution in [3.63, 3.8) is 0 Å². The van der Waals surface area contributed by atoms with E-state index in [0.717, 1.165) is 13.0 Å². The molecule has 1 aromatic rings. The van der Waals surface area contributed by atoms with Gasteiger partial charge in [0, 0.05) is 25.0 Å². The van der Waals surface area contributed by atoms with Crippen LogP contribution < -0.4 is 5.32 Å². The number of nitrogens with zero attached hydrogens (tertiary/aromatic N) is 1. The van der Waals surface area contributed by atoms with Crippen LogP contribution in [0.3, 0.4) is 0 Å². The summed E-state index contributed by atoms with van der Waals surface area (Å²) in [7, 11) is 0. The molecule has 0 aliphatic rings. The molecule has 1 rings (SSSR count). The number of aromatic nitrogens is 1. The molecule has 2 N–H and O–H groups in total. The molecule has 0 aromatic carbocycles. The molecule has 3 nitrogen and oxygen atoms in total. The Morgan fingerprint density at radius 2 is 2.00 bits per heavy atom. The molecule has 0 aliphatic heterocycles. The van der Waals surface area contributed by atoms with Gasteiger partial charge in [0.1, 0.15) is 0 Å². The fourth-order valence-corrected chi connectivity index (χ4v) is 1.55. The summed E-state index contributed by atoms with van der Waals surface area (Å²) in [5.74, 6) is 0.604. The first-order valence-electron chi connectivity index (χ1n) is 5.45. The minimum atomic E-state index is 0.193. The van der Waals surface area contributed by atoms with Crippen LogP contribution in [0.25, 0.3) is 0 Å². The van der Waals surface area contributed by atoms with Gasteiger partial charge < -0.3 is 10.4 Å². The van der Waals surface area contributed by atoms with Crippen molar-refractivity contribution < 1.29 is 5.11 Å². The lowest BCUT2D eigenvalue weighted by atomic mass is 10.0. The van der Waals surface area contributed by atoms with Crippen LogP contribution in [0.2, 0.25) is 0 Å². The third-order valence-corrected chi connectivity index (χ3v) is 2.32. The van der Waals surface area contributed by atoms with E-state index in [9.17, 15) is 5.11 Å². The number of pyridine rings is 1. The molecule has 1 atom stereocenters. The largest absolute Gasteiger partial charge is 0.395 e. The van der Waals surface area contributed by atoms with E-state index in [-0.39, 0.29) is 12.6 Å². The minimum absolute atomic E-state index is 0.193. The average Bonchev–Trinajstić information content (AvgIpc) is 2.25. The highest BCUT2D eigenvalue weighted by molar-refractivity contribution is 5.09. The Morgan fingerprint density at radius 3 is 2.53 bits per heavy atom. The quantitative estimate of drug-likeness (QED) is 0.746. The Hall–Kier alpha value is -0.930. The van der Waals surface area contributed by atoms with E-state index in [1.807, 2.05) is 12.1 Å². The van der Waals surface area contributed by atoms with Crippen molar-refractivity contribution >= 4 is 0 Å². The van der Waals surface area contributed by atoms with Gasteiger partial charge in [-0.25, -0.2) is 0 Å². The van der Waals surface area contributed by atoms with Crippen LogP contribution in [0, 0.1) is 5.92 Å². The third kappa shape index (κ3) is 4.91. The molecule has 1 aromatic heterocycles. The first-order chi connectivity index (χ1) is 7.22. The van der Waals surface area contributed by atoms with E-state index in [1.54, 1.807) is 12.4 Å². The molecule has 0 amide bonds. The maximum absolute atomic E-state index is 9.18. The summed E-state index contributed by atoms with van der Waals surface area (Å²) in [6, 6.07) is 4.16. The summed E-state index contributed by atoms with van der Waals surface area (Å²) < 4.78 is 0. The SMILES string of the molecule is CC(C)C[C@H](CO)NCc1ccncc1. The van der Waals surface area contributed by atoms with Gasteiger partial charge in [0.15, 0.2) is 0 Å². The van der Waals surface area contributed by atoms with Gasteiger partial charge in [0.25, 0.3) is 0 Å². The van der Waals surface area contributed by atoms with Crippen LogP contribution >= 0.6 is 0 Å². The molecule has 0 saturated heterocycles. The maximum Gasteiger partial charge on any atom is 0.0584 e. The van der Waals surface area contributed by atoms with Crippen LogP contribution in [0.5, 0.6) is 0 Å². The van der Waals surface area contributed by atoms with E-state index in [4.69, 9.17) is 0 Å². The van der Waals surface area contributed by atoms with E-state index >= 15 is 0 Å². The van der Waals surface area contributed by atoms with Crippen LogP contribution in [0.4, 0.5) is 0 Å². The van der Waals surface area contributed by atoms with Crippen LogP contribution in [0.1, 0.15) is 25.8 Å². The van der Waals surface area contributed by atoms with Crippen molar-refractivity contribution in [2.45, 2.75) is 32.9 Å². The zero-order valence-electron chi connectivity index (χ0n) is 9.48. The fourth-order valence-electron chi connectivity index (χ4n) is 1.55. The van der Waals surface area contributed by atoms with Gasteiger partial charge in [0.2, 0.25) is 0 Å². The second-order valence-electron chi connectivity index (χ2n) is 4.25. The Kier molecular flexibility index (Phi) is 5.29. The maximum atomic E-state index is 9.18. The lowest BCUT2D eigenvalue weighted by Crippen LogP contribution is -2.33. The van der Waals surface area contributed by atoms with Gasteiger partial charge in [-0.05, 0) is 30.0 Å². The Bertz CT molecular complexity index is 262. The summed E-state index contributed by atoms with van der Waals surface area (Å²) in [5.41, 5.74) is 1.20. The zero-order valence-corrected chi connectivity index (χ0v) is 9.48. The molecule has 0 saturated carbocycles. The zero-order chi connectivity index (χ0) is 11.1. The summed E-state index contributed by atoms with van der Waals surface area (Å²) in [6.07, 6.45) is 4.57. The van der Waals surface area contributed by atoms with Gasteiger partial charge in [-0.3, -0.25) is 4.98 Å². The van der Waals surface area contributed by atoms with Crippen molar-refractivity contribution in [2.75, 3.05) is 6.61 Å². The molecule has 0 radical (unpaired) electrons. The molecule has 0 unspecified atom stereocenters. The predicted molar refractivity (Wildman–Crippen MR) is 61.4 cm³/mol. The standard InChI is InChI=1S/C12H20N2O/c1-10(2)7-12(9-15)14-8-11-3-5-13-6-4-11/h3-6,10,12,14-15H,7-9H2,1-2H3/t12-/m1/s1. The molecule has 15 heavy (non-hydrogen) atoms. The number of hydrogen-bond donors (Lipinski definition) is 2. The number of aliphatic hydroxyl groups excluding tert-OH is 1. The summed E-state index contributed by atoms with van der Waals surface area (Å²) in [5, 5.41) is 12.5. The van der Waals surface area contributed by atoms with E-state index in [2.05, 4.69) is 24.1 Å². The molecule has 3 heteroatoms. The van der Waals surface area contributed by atoms with Crippen LogP contribution in [-0.4, -0.2) is 22.7 Å². The Labute approximate surface area is 91.5 Å². The minimum Gasteiger partial charge on any atom is -0.395 e. The van der Waals surface area contributed by atoms with E-state index in [0.29, 0.717) is 5.92 Å². The Morgan fingerprint density at radius 1 is 1.33 bits per heavy atom. The highest BCUT2D eigenvalue weighted by atomic mass is 16.3.